The van der Waals surface area contributed by atoms with Gasteiger partial charge in [0.1, 0.15) is 17.8 Å². The number of nitrogens with zero attached hydrogens (tertiary/aromatic N) is 3. The number of methoxy groups -OCH3 is 1. The minimum Gasteiger partial charge on any atom is -0.485 e. The van der Waals surface area contributed by atoms with E-state index in [2.05, 4.69) is 5.10 Å². The number of aryl methyl sites for hydroxylation is 1. The number of halogens is 1. The maximum atomic E-state index is 14.0. The second-order valence-corrected chi connectivity index (χ2v) is 7.31. The molecule has 160 valence electrons. The van der Waals surface area contributed by atoms with E-state index in [0.717, 1.165) is 5.56 Å². The zero-order valence-corrected chi connectivity index (χ0v) is 17.2. The van der Waals surface area contributed by atoms with Gasteiger partial charge in [-0.25, -0.2) is 9.18 Å². The minimum absolute atomic E-state index is 0.0808. The monoisotopic (exact) mass is 423 g/mol. The van der Waals surface area contributed by atoms with Crippen molar-refractivity contribution in [3.8, 4) is 17.0 Å². The standard InChI is InChI=1S/C23H22FN3O4/c1-26-19(13-18(25-26)15-8-4-3-5-9-15)22(28)27-14-16(12-20(27)23(29)30-2)31-21-11-7-6-10-17(21)24/h3-11,13,16,20H,12,14H2,1-2H3. The number of esters is 1. The second kappa shape index (κ2) is 8.59. The van der Waals surface area contributed by atoms with Gasteiger partial charge >= 0.3 is 5.97 Å². The molecule has 2 heterocycles. The first-order valence-electron chi connectivity index (χ1n) is 9.87. The molecule has 1 aromatic heterocycles. The molecule has 1 aliphatic rings. The van der Waals surface area contributed by atoms with Gasteiger partial charge < -0.3 is 14.4 Å². The number of likely N-dealkylation sites (tertiary alicyclic amines) is 1. The Kier molecular flexibility index (Phi) is 5.70. The van der Waals surface area contributed by atoms with E-state index >= 15 is 0 Å². The van der Waals surface area contributed by atoms with Crippen molar-refractivity contribution in [3.05, 3.63) is 72.2 Å². The summed E-state index contributed by atoms with van der Waals surface area (Å²) < 4.78 is 26.1. The zero-order valence-electron chi connectivity index (χ0n) is 17.2. The lowest BCUT2D eigenvalue weighted by Gasteiger charge is -2.22. The van der Waals surface area contributed by atoms with E-state index in [0.29, 0.717) is 11.4 Å². The third-order valence-electron chi connectivity index (χ3n) is 5.30. The summed E-state index contributed by atoms with van der Waals surface area (Å²) in [4.78, 5) is 27.1. The van der Waals surface area contributed by atoms with Crippen molar-refractivity contribution in [2.45, 2.75) is 18.6 Å². The molecule has 2 unspecified atom stereocenters. The molecule has 1 aliphatic heterocycles. The number of para-hydroxylation sites is 1. The van der Waals surface area contributed by atoms with Crippen LogP contribution in [0, 0.1) is 5.82 Å². The number of hydrogen-bond donors (Lipinski definition) is 0. The fourth-order valence-corrected chi connectivity index (χ4v) is 3.75. The Morgan fingerprint density at radius 2 is 1.81 bits per heavy atom. The summed E-state index contributed by atoms with van der Waals surface area (Å²) in [5.74, 6) is -1.33. The van der Waals surface area contributed by atoms with Gasteiger partial charge in [-0.3, -0.25) is 9.48 Å². The molecule has 2 atom stereocenters. The van der Waals surface area contributed by atoms with Crippen molar-refractivity contribution in [3.63, 3.8) is 0 Å². The van der Waals surface area contributed by atoms with Crippen molar-refractivity contribution < 1.29 is 23.5 Å². The molecule has 1 fully saturated rings. The Bertz CT molecular complexity index is 1100. The Balaban J connectivity index is 1.59. The summed E-state index contributed by atoms with van der Waals surface area (Å²) in [6, 6.07) is 16.4. The van der Waals surface area contributed by atoms with Crippen LogP contribution in [0.2, 0.25) is 0 Å². The smallest absolute Gasteiger partial charge is 0.328 e. The van der Waals surface area contributed by atoms with E-state index in [4.69, 9.17) is 9.47 Å². The molecule has 0 radical (unpaired) electrons. The van der Waals surface area contributed by atoms with E-state index < -0.39 is 23.9 Å². The molecule has 0 N–H and O–H groups in total. The first-order valence-corrected chi connectivity index (χ1v) is 9.87. The molecule has 3 aromatic rings. The van der Waals surface area contributed by atoms with Crippen LogP contribution >= 0.6 is 0 Å². The van der Waals surface area contributed by atoms with Gasteiger partial charge in [-0.15, -0.1) is 0 Å². The summed E-state index contributed by atoms with van der Waals surface area (Å²) >= 11 is 0. The largest absolute Gasteiger partial charge is 0.485 e. The normalized spacial score (nSPS) is 18.1. The number of ether oxygens (including phenoxy) is 2. The molecule has 0 saturated carbocycles. The Hall–Kier alpha value is -3.68. The number of hydrogen-bond acceptors (Lipinski definition) is 5. The van der Waals surface area contributed by atoms with Crippen LogP contribution in [0.5, 0.6) is 5.75 Å². The van der Waals surface area contributed by atoms with Gasteiger partial charge in [0.15, 0.2) is 11.6 Å². The van der Waals surface area contributed by atoms with Crippen molar-refractivity contribution in [1.29, 1.82) is 0 Å². The molecule has 1 saturated heterocycles. The molecule has 0 bridgehead atoms. The summed E-state index contributed by atoms with van der Waals surface area (Å²) in [5, 5.41) is 4.43. The SMILES string of the molecule is COC(=O)C1CC(Oc2ccccc2F)CN1C(=O)c1cc(-c2ccccc2)nn1C. The lowest BCUT2D eigenvalue weighted by atomic mass is 10.1. The number of carbonyl (C=O) groups excluding carboxylic acids is 2. The minimum atomic E-state index is -0.829. The van der Waals surface area contributed by atoms with Crippen LogP contribution in [0.4, 0.5) is 4.39 Å². The topological polar surface area (TPSA) is 73.7 Å². The quantitative estimate of drug-likeness (QED) is 0.590. The van der Waals surface area contributed by atoms with Gasteiger partial charge in [-0.1, -0.05) is 42.5 Å². The summed E-state index contributed by atoms with van der Waals surface area (Å²) in [6.45, 7) is 0.124. The number of amides is 1. The number of rotatable bonds is 5. The van der Waals surface area contributed by atoms with Crippen LogP contribution < -0.4 is 4.74 Å². The lowest BCUT2D eigenvalue weighted by molar-refractivity contribution is -0.145. The number of benzene rings is 2. The molecular weight excluding hydrogens is 401 g/mol. The zero-order chi connectivity index (χ0) is 22.0. The van der Waals surface area contributed by atoms with E-state index in [-0.39, 0.29) is 24.6 Å². The molecule has 2 aromatic carbocycles. The highest BCUT2D eigenvalue weighted by Gasteiger charge is 2.42. The number of carbonyl (C=O) groups is 2. The van der Waals surface area contributed by atoms with Crippen molar-refractivity contribution in [1.82, 2.24) is 14.7 Å². The van der Waals surface area contributed by atoms with Crippen LogP contribution in [0.15, 0.2) is 60.7 Å². The highest BCUT2D eigenvalue weighted by atomic mass is 19.1. The first kappa shape index (κ1) is 20.6. The van der Waals surface area contributed by atoms with Gasteiger partial charge in [0.25, 0.3) is 5.91 Å². The molecule has 0 spiro atoms. The van der Waals surface area contributed by atoms with Gasteiger partial charge in [0, 0.05) is 19.0 Å². The van der Waals surface area contributed by atoms with E-state index in [1.165, 1.54) is 28.8 Å². The fourth-order valence-electron chi connectivity index (χ4n) is 3.75. The van der Waals surface area contributed by atoms with Gasteiger partial charge in [-0.2, -0.15) is 5.10 Å². The van der Waals surface area contributed by atoms with Crippen LogP contribution in [0.25, 0.3) is 11.3 Å². The maximum Gasteiger partial charge on any atom is 0.328 e. The van der Waals surface area contributed by atoms with E-state index in [9.17, 15) is 14.0 Å². The third kappa shape index (κ3) is 4.14. The Morgan fingerprint density at radius 3 is 2.52 bits per heavy atom. The predicted octanol–water partition coefficient (Wildman–Crippen LogP) is 3.06. The van der Waals surface area contributed by atoms with E-state index in [1.807, 2.05) is 30.3 Å². The fraction of sp³-hybridized carbons (Fsp3) is 0.261. The van der Waals surface area contributed by atoms with Crippen LogP contribution in [-0.2, 0) is 16.6 Å². The second-order valence-electron chi connectivity index (χ2n) is 7.31. The molecular formula is C23H22FN3O4. The maximum absolute atomic E-state index is 14.0. The molecule has 0 aliphatic carbocycles. The highest BCUT2D eigenvalue weighted by molar-refractivity contribution is 5.96. The predicted molar refractivity (Wildman–Crippen MR) is 111 cm³/mol. The van der Waals surface area contributed by atoms with Gasteiger partial charge in [0.05, 0.1) is 19.3 Å². The van der Waals surface area contributed by atoms with Gasteiger partial charge in [0.2, 0.25) is 0 Å². The molecule has 8 heteroatoms. The third-order valence-corrected chi connectivity index (χ3v) is 5.30. The summed E-state index contributed by atoms with van der Waals surface area (Å²) in [5.41, 5.74) is 1.86. The molecule has 31 heavy (non-hydrogen) atoms. The summed E-state index contributed by atoms with van der Waals surface area (Å²) in [6.07, 6.45) is -0.345. The highest BCUT2D eigenvalue weighted by Crippen LogP contribution is 2.28. The Morgan fingerprint density at radius 1 is 1.10 bits per heavy atom. The molecule has 4 rings (SSSR count). The average molecular weight is 423 g/mol. The molecule has 1 amide bonds. The Labute approximate surface area is 179 Å². The van der Waals surface area contributed by atoms with Crippen molar-refractivity contribution in [2.75, 3.05) is 13.7 Å². The van der Waals surface area contributed by atoms with Crippen LogP contribution in [-0.4, -0.2) is 52.4 Å². The van der Waals surface area contributed by atoms with Crippen molar-refractivity contribution in [2.24, 2.45) is 7.05 Å². The summed E-state index contributed by atoms with van der Waals surface area (Å²) in [7, 11) is 2.95. The van der Waals surface area contributed by atoms with Crippen LogP contribution in [0.1, 0.15) is 16.9 Å². The lowest BCUT2D eigenvalue weighted by Crippen LogP contribution is -2.42. The van der Waals surface area contributed by atoms with Gasteiger partial charge in [-0.05, 0) is 18.2 Å². The van der Waals surface area contributed by atoms with Crippen molar-refractivity contribution >= 4 is 11.9 Å². The van der Waals surface area contributed by atoms with Crippen LogP contribution in [0.3, 0.4) is 0 Å². The first-order chi connectivity index (χ1) is 15.0. The van der Waals surface area contributed by atoms with E-state index in [1.54, 1.807) is 25.2 Å². The molecule has 7 nitrogen and oxygen atoms in total. The number of aromatic nitrogens is 2. The average Bonchev–Trinajstić information content (AvgIpc) is 3.39.